The van der Waals surface area contributed by atoms with Gasteiger partial charge < -0.3 is 14.0 Å². The molecule has 0 heterocycles. The number of rotatable bonds is 19. The molecular weight excluding hydrogens is 446 g/mol. The van der Waals surface area contributed by atoms with Crippen molar-refractivity contribution in [3.8, 4) is 5.75 Å². The highest BCUT2D eigenvalue weighted by Crippen LogP contribution is 2.19. The maximum absolute atomic E-state index is 12.4. The van der Waals surface area contributed by atoms with Gasteiger partial charge in [-0.1, -0.05) is 94.8 Å². The lowest BCUT2D eigenvalue weighted by atomic mass is 10.0. The molecule has 2 rings (SSSR count). The Bertz CT molecular complexity index is 849. The molecule has 200 valence electrons. The van der Waals surface area contributed by atoms with Crippen LogP contribution in [0.25, 0.3) is 0 Å². The largest absolute Gasteiger partial charge is 0.487 e. The average molecular weight is 497 g/mol. The highest BCUT2D eigenvalue weighted by Gasteiger charge is 2.18. The summed E-state index contributed by atoms with van der Waals surface area (Å²) in [6.45, 7) is 6.53. The van der Waals surface area contributed by atoms with Gasteiger partial charge in [0.1, 0.15) is 25.0 Å². The van der Waals surface area contributed by atoms with Crippen LogP contribution in [0.1, 0.15) is 89.2 Å². The maximum Gasteiger partial charge on any atom is 0.306 e. The van der Waals surface area contributed by atoms with Crippen molar-refractivity contribution in [3.05, 3.63) is 65.7 Å². The van der Waals surface area contributed by atoms with Crippen molar-refractivity contribution < 1.29 is 18.8 Å². The van der Waals surface area contributed by atoms with E-state index in [9.17, 15) is 4.79 Å². The van der Waals surface area contributed by atoms with E-state index in [0.29, 0.717) is 13.0 Å². The summed E-state index contributed by atoms with van der Waals surface area (Å²) in [5, 5.41) is 0. The summed E-state index contributed by atoms with van der Waals surface area (Å²) < 4.78 is 12.6. The Labute approximate surface area is 220 Å². The first-order valence-corrected chi connectivity index (χ1v) is 14.2. The van der Waals surface area contributed by atoms with E-state index < -0.39 is 0 Å². The van der Waals surface area contributed by atoms with Gasteiger partial charge in [-0.25, -0.2) is 0 Å². The fraction of sp³-hybridized carbons (Fsp3) is 0.594. The Morgan fingerprint density at radius 3 is 2.25 bits per heavy atom. The molecule has 0 aromatic heterocycles. The fourth-order valence-corrected chi connectivity index (χ4v) is 4.55. The smallest absolute Gasteiger partial charge is 0.306 e. The van der Waals surface area contributed by atoms with Crippen molar-refractivity contribution in [1.29, 1.82) is 0 Å². The topological polar surface area (TPSA) is 35.5 Å². The van der Waals surface area contributed by atoms with E-state index in [0.717, 1.165) is 42.6 Å². The van der Waals surface area contributed by atoms with Crippen LogP contribution in [0.2, 0.25) is 0 Å². The van der Waals surface area contributed by atoms with Crippen LogP contribution in [0.4, 0.5) is 0 Å². The Kier molecular flexibility index (Phi) is 14.3. The molecule has 4 heteroatoms. The second-order valence-electron chi connectivity index (χ2n) is 10.8. The summed E-state index contributed by atoms with van der Waals surface area (Å²) in [6.07, 6.45) is 12.3. The fourth-order valence-electron chi connectivity index (χ4n) is 4.55. The number of benzene rings is 2. The second-order valence-corrected chi connectivity index (χ2v) is 10.8. The minimum absolute atomic E-state index is 0.118. The molecule has 2 aromatic carbocycles. The summed E-state index contributed by atoms with van der Waals surface area (Å²) in [4.78, 5) is 12.4. The third kappa shape index (κ3) is 13.1. The SMILES string of the molecule is CCCCCCCCCc1cccc(OC(CC)COC(=O)CCC[N+](C)(C)Cc2ccccc2)c1. The van der Waals surface area contributed by atoms with E-state index in [-0.39, 0.29) is 12.1 Å². The number of carbonyl (C=O) groups is 1. The van der Waals surface area contributed by atoms with Crippen molar-refractivity contribution in [2.45, 2.75) is 97.1 Å². The molecule has 0 aliphatic heterocycles. The number of ether oxygens (including phenoxy) is 2. The number of aryl methyl sites for hydroxylation is 1. The maximum atomic E-state index is 12.4. The van der Waals surface area contributed by atoms with Crippen molar-refractivity contribution in [3.63, 3.8) is 0 Å². The Morgan fingerprint density at radius 2 is 1.53 bits per heavy atom. The number of carbonyl (C=O) groups excluding carboxylic acids is 1. The van der Waals surface area contributed by atoms with Gasteiger partial charge in [-0.15, -0.1) is 0 Å². The molecule has 0 amide bonds. The molecule has 0 bridgehead atoms. The number of hydrogen-bond acceptors (Lipinski definition) is 3. The van der Waals surface area contributed by atoms with Gasteiger partial charge in [-0.2, -0.15) is 0 Å². The van der Waals surface area contributed by atoms with Gasteiger partial charge in [-0.3, -0.25) is 4.79 Å². The summed E-state index contributed by atoms with van der Waals surface area (Å²) in [7, 11) is 4.42. The van der Waals surface area contributed by atoms with Gasteiger partial charge in [0.05, 0.1) is 27.1 Å². The minimum Gasteiger partial charge on any atom is -0.487 e. The Hall–Kier alpha value is -2.33. The number of esters is 1. The van der Waals surface area contributed by atoms with Gasteiger partial charge in [0.2, 0.25) is 0 Å². The van der Waals surface area contributed by atoms with Crippen LogP contribution in [0.15, 0.2) is 54.6 Å². The van der Waals surface area contributed by atoms with Gasteiger partial charge >= 0.3 is 5.97 Å². The van der Waals surface area contributed by atoms with E-state index in [1.165, 1.54) is 56.1 Å². The molecule has 0 aliphatic rings. The summed E-state index contributed by atoms with van der Waals surface area (Å²) in [5.74, 6) is 0.739. The first kappa shape index (κ1) is 29.9. The van der Waals surface area contributed by atoms with Crippen molar-refractivity contribution in [1.82, 2.24) is 0 Å². The summed E-state index contributed by atoms with van der Waals surface area (Å²) in [6, 6.07) is 18.9. The normalized spacial score (nSPS) is 12.3. The number of hydrogen-bond donors (Lipinski definition) is 0. The number of nitrogens with zero attached hydrogens (tertiary/aromatic N) is 1. The highest BCUT2D eigenvalue weighted by molar-refractivity contribution is 5.69. The first-order valence-electron chi connectivity index (χ1n) is 14.2. The molecule has 0 saturated heterocycles. The summed E-state index contributed by atoms with van der Waals surface area (Å²) in [5.41, 5.74) is 2.64. The van der Waals surface area contributed by atoms with Gasteiger partial charge in [0, 0.05) is 12.0 Å². The molecular formula is C32H50NO3+. The van der Waals surface area contributed by atoms with Crippen LogP contribution in [0.5, 0.6) is 5.75 Å². The molecule has 2 aromatic rings. The first-order chi connectivity index (χ1) is 17.4. The van der Waals surface area contributed by atoms with E-state index >= 15 is 0 Å². The summed E-state index contributed by atoms with van der Waals surface area (Å²) >= 11 is 0. The van der Waals surface area contributed by atoms with E-state index in [1.807, 2.05) is 12.1 Å². The van der Waals surface area contributed by atoms with Crippen LogP contribution >= 0.6 is 0 Å². The molecule has 1 unspecified atom stereocenters. The predicted octanol–water partition coefficient (Wildman–Crippen LogP) is 7.74. The van der Waals surface area contributed by atoms with Gasteiger partial charge in [0.25, 0.3) is 0 Å². The molecule has 4 nitrogen and oxygen atoms in total. The minimum atomic E-state index is -0.135. The van der Waals surface area contributed by atoms with Crippen molar-refractivity contribution in [2.24, 2.45) is 0 Å². The lowest BCUT2D eigenvalue weighted by molar-refractivity contribution is -0.903. The zero-order chi connectivity index (χ0) is 26.1. The van der Waals surface area contributed by atoms with Crippen LogP contribution in [0, 0.1) is 0 Å². The predicted molar refractivity (Wildman–Crippen MR) is 150 cm³/mol. The van der Waals surface area contributed by atoms with Crippen molar-refractivity contribution >= 4 is 5.97 Å². The Morgan fingerprint density at radius 1 is 0.833 bits per heavy atom. The molecule has 0 N–H and O–H groups in total. The lowest BCUT2D eigenvalue weighted by Gasteiger charge is -2.29. The molecule has 36 heavy (non-hydrogen) atoms. The lowest BCUT2D eigenvalue weighted by Crippen LogP contribution is -2.39. The van der Waals surface area contributed by atoms with Crippen LogP contribution in [-0.4, -0.2) is 43.8 Å². The third-order valence-corrected chi connectivity index (χ3v) is 6.75. The van der Waals surface area contributed by atoms with Gasteiger partial charge in [-0.05, 0) is 37.0 Å². The highest BCUT2D eigenvalue weighted by atomic mass is 16.6. The van der Waals surface area contributed by atoms with Crippen molar-refractivity contribution in [2.75, 3.05) is 27.2 Å². The Balaban J connectivity index is 1.66. The monoisotopic (exact) mass is 496 g/mol. The van der Waals surface area contributed by atoms with Crippen LogP contribution < -0.4 is 4.74 Å². The molecule has 0 spiro atoms. The van der Waals surface area contributed by atoms with E-state index in [4.69, 9.17) is 9.47 Å². The average Bonchev–Trinajstić information content (AvgIpc) is 2.86. The molecule has 0 radical (unpaired) electrons. The number of unbranched alkanes of at least 4 members (excludes halogenated alkanes) is 6. The standard InChI is InChI=1S/C32H50NO3/c1-5-7-8-9-10-11-13-18-28-21-16-22-31(25-28)36-30(6-2)27-35-32(34)23-17-24-33(3,4)26-29-19-14-12-15-20-29/h12,14-16,19-22,25,30H,5-11,13,17-18,23-24,26-27H2,1-4H3/q+1. The molecule has 0 aliphatic carbocycles. The molecule has 0 saturated carbocycles. The third-order valence-electron chi connectivity index (χ3n) is 6.75. The van der Waals surface area contributed by atoms with Crippen LogP contribution in [-0.2, 0) is 22.5 Å². The molecule has 0 fully saturated rings. The molecule has 1 atom stereocenters. The van der Waals surface area contributed by atoms with Crippen LogP contribution in [0.3, 0.4) is 0 Å². The quantitative estimate of drug-likeness (QED) is 0.113. The zero-order valence-electron chi connectivity index (χ0n) is 23.3. The van der Waals surface area contributed by atoms with E-state index in [2.05, 4.69) is 70.4 Å². The van der Waals surface area contributed by atoms with Gasteiger partial charge in [0.15, 0.2) is 0 Å². The second kappa shape index (κ2) is 17.2. The zero-order valence-corrected chi connectivity index (χ0v) is 23.3. The van der Waals surface area contributed by atoms with E-state index in [1.54, 1.807) is 0 Å². The number of quaternary nitrogens is 1.